The summed E-state index contributed by atoms with van der Waals surface area (Å²) in [6.07, 6.45) is 2.36. The molecule has 16 heavy (non-hydrogen) atoms. The van der Waals surface area contributed by atoms with Gasteiger partial charge in [-0.25, -0.2) is 9.59 Å². The highest BCUT2D eigenvalue weighted by atomic mass is 16.5. The lowest BCUT2D eigenvalue weighted by Crippen LogP contribution is -2.52. The minimum atomic E-state index is -1.44. The fourth-order valence-electron chi connectivity index (χ4n) is 1.10. The summed E-state index contributed by atoms with van der Waals surface area (Å²) in [6.45, 7) is 7.34. The summed E-state index contributed by atoms with van der Waals surface area (Å²) in [7, 11) is 0. The first-order valence-electron chi connectivity index (χ1n) is 5.34. The van der Waals surface area contributed by atoms with Crippen LogP contribution in [0.3, 0.4) is 0 Å². The van der Waals surface area contributed by atoms with Crippen LogP contribution in [0.5, 0.6) is 0 Å². The Bertz CT molecular complexity index is 265. The zero-order valence-electron chi connectivity index (χ0n) is 9.78. The summed E-state index contributed by atoms with van der Waals surface area (Å²) in [5.41, 5.74) is -1.44. The van der Waals surface area contributed by atoms with E-state index in [1.165, 1.54) is 6.08 Å². The fraction of sp³-hybridized carbons (Fsp3) is 0.636. The molecule has 0 aromatic heterocycles. The van der Waals surface area contributed by atoms with E-state index in [1.807, 2.05) is 6.92 Å². The molecule has 0 spiro atoms. The van der Waals surface area contributed by atoms with E-state index >= 15 is 0 Å². The lowest BCUT2D eigenvalue weighted by molar-refractivity contribution is -0.142. The van der Waals surface area contributed by atoms with Gasteiger partial charge in [0, 0.05) is 0 Å². The van der Waals surface area contributed by atoms with E-state index < -0.39 is 17.6 Å². The lowest BCUT2D eigenvalue weighted by Gasteiger charge is -2.24. The molecule has 1 atom stereocenters. The number of amides is 1. The summed E-state index contributed by atoms with van der Waals surface area (Å²) in [4.78, 5) is 22.3. The van der Waals surface area contributed by atoms with E-state index in [1.54, 1.807) is 6.92 Å². The van der Waals surface area contributed by atoms with Gasteiger partial charge in [0.25, 0.3) is 0 Å². The molecule has 0 radical (unpaired) electrons. The first-order chi connectivity index (χ1) is 7.52. The summed E-state index contributed by atoms with van der Waals surface area (Å²) >= 11 is 0. The molecule has 1 amide bonds. The number of ether oxygens (including phenoxy) is 1. The molecule has 0 heterocycles. The molecule has 0 aliphatic heterocycles. The van der Waals surface area contributed by atoms with Crippen LogP contribution in [0.4, 0.5) is 4.79 Å². The molecular weight excluding hydrogens is 210 g/mol. The lowest BCUT2D eigenvalue weighted by atomic mass is 9.97. The van der Waals surface area contributed by atoms with Crippen molar-refractivity contribution in [1.82, 2.24) is 5.32 Å². The van der Waals surface area contributed by atoms with E-state index in [9.17, 15) is 9.59 Å². The molecule has 2 N–H and O–H groups in total. The van der Waals surface area contributed by atoms with Crippen LogP contribution in [-0.2, 0) is 9.53 Å². The Morgan fingerprint density at radius 2 is 2.12 bits per heavy atom. The number of nitrogens with one attached hydrogen (secondary N) is 1. The molecule has 92 valence electrons. The highest BCUT2D eigenvalue weighted by molar-refractivity contribution is 5.86. The Balaban J connectivity index is 4.35. The van der Waals surface area contributed by atoms with Gasteiger partial charge in [-0.1, -0.05) is 26.3 Å². The van der Waals surface area contributed by atoms with Gasteiger partial charge < -0.3 is 15.2 Å². The molecule has 5 heteroatoms. The van der Waals surface area contributed by atoms with Crippen LogP contribution < -0.4 is 5.32 Å². The van der Waals surface area contributed by atoms with E-state index in [-0.39, 0.29) is 6.42 Å². The molecule has 0 fully saturated rings. The minimum absolute atomic E-state index is 0.217. The molecule has 0 aromatic carbocycles. The highest BCUT2D eigenvalue weighted by Gasteiger charge is 2.35. The maximum Gasteiger partial charge on any atom is 0.408 e. The van der Waals surface area contributed by atoms with Gasteiger partial charge in [0.15, 0.2) is 5.54 Å². The number of carbonyl (C=O) groups excluding carboxylic acids is 1. The summed E-state index contributed by atoms with van der Waals surface area (Å²) in [6, 6.07) is 0. The number of unbranched alkanes of at least 4 members (excludes halogenated alkanes) is 1. The van der Waals surface area contributed by atoms with Crippen LogP contribution in [0.2, 0.25) is 0 Å². The Morgan fingerprint density at radius 3 is 2.50 bits per heavy atom. The number of carboxylic acid groups (broad SMARTS) is 1. The zero-order valence-corrected chi connectivity index (χ0v) is 9.78. The van der Waals surface area contributed by atoms with Crippen molar-refractivity contribution in [2.75, 3.05) is 6.61 Å². The predicted octanol–water partition coefficient (Wildman–Crippen LogP) is 1.93. The highest BCUT2D eigenvalue weighted by Crippen LogP contribution is 2.12. The number of rotatable bonds is 7. The van der Waals surface area contributed by atoms with E-state index in [0.717, 1.165) is 12.8 Å². The van der Waals surface area contributed by atoms with Crippen LogP contribution in [0.15, 0.2) is 12.7 Å². The zero-order chi connectivity index (χ0) is 12.6. The largest absolute Gasteiger partial charge is 0.479 e. The fourth-order valence-corrected chi connectivity index (χ4v) is 1.10. The summed E-state index contributed by atoms with van der Waals surface area (Å²) in [5, 5.41) is 11.3. The summed E-state index contributed by atoms with van der Waals surface area (Å²) in [5.74, 6) is -1.14. The molecule has 0 aromatic rings. The van der Waals surface area contributed by atoms with Gasteiger partial charge in [-0.2, -0.15) is 0 Å². The second-order valence-electron chi connectivity index (χ2n) is 3.45. The van der Waals surface area contributed by atoms with Crippen molar-refractivity contribution in [2.45, 2.75) is 38.6 Å². The standard InChI is InChI=1S/C11H19NO4/c1-4-7-8-16-10(15)12-11(5-2,6-3)9(13)14/h5H,2,4,6-8H2,1,3H3,(H,12,15)(H,13,14). The Labute approximate surface area is 95.5 Å². The summed E-state index contributed by atoms with van der Waals surface area (Å²) < 4.78 is 4.83. The number of aliphatic carboxylic acids is 1. The average molecular weight is 229 g/mol. The Kier molecular flexibility index (Phi) is 6.22. The molecule has 0 rings (SSSR count). The molecule has 0 bridgehead atoms. The molecule has 0 aliphatic carbocycles. The monoisotopic (exact) mass is 229 g/mol. The van der Waals surface area contributed by atoms with Crippen molar-refractivity contribution >= 4 is 12.1 Å². The van der Waals surface area contributed by atoms with Gasteiger partial charge in [0.05, 0.1) is 6.61 Å². The quantitative estimate of drug-likeness (QED) is 0.516. The smallest absolute Gasteiger partial charge is 0.408 e. The van der Waals surface area contributed by atoms with Crippen molar-refractivity contribution in [3.8, 4) is 0 Å². The molecule has 0 aliphatic rings. The molecule has 1 unspecified atom stereocenters. The third-order valence-electron chi connectivity index (χ3n) is 2.34. The first kappa shape index (κ1) is 14.5. The number of hydrogen-bond donors (Lipinski definition) is 2. The van der Waals surface area contributed by atoms with Gasteiger partial charge >= 0.3 is 12.1 Å². The average Bonchev–Trinajstić information content (AvgIpc) is 2.26. The van der Waals surface area contributed by atoms with Gasteiger partial charge in [0.1, 0.15) is 0 Å². The number of alkyl carbamates (subject to hydrolysis) is 1. The van der Waals surface area contributed by atoms with Crippen LogP contribution in [0.25, 0.3) is 0 Å². The van der Waals surface area contributed by atoms with E-state index in [4.69, 9.17) is 9.84 Å². The van der Waals surface area contributed by atoms with Gasteiger partial charge in [0.2, 0.25) is 0 Å². The minimum Gasteiger partial charge on any atom is -0.479 e. The molecule has 0 saturated carbocycles. The van der Waals surface area contributed by atoms with Crippen LogP contribution in [0, 0.1) is 0 Å². The molecule has 5 nitrogen and oxygen atoms in total. The number of carbonyl (C=O) groups is 2. The van der Waals surface area contributed by atoms with Crippen LogP contribution in [0.1, 0.15) is 33.1 Å². The third kappa shape index (κ3) is 3.92. The van der Waals surface area contributed by atoms with Crippen molar-refractivity contribution in [3.05, 3.63) is 12.7 Å². The van der Waals surface area contributed by atoms with Crippen LogP contribution in [-0.4, -0.2) is 29.3 Å². The predicted molar refractivity (Wildman–Crippen MR) is 60.2 cm³/mol. The van der Waals surface area contributed by atoms with Crippen molar-refractivity contribution in [2.24, 2.45) is 0 Å². The Morgan fingerprint density at radius 1 is 1.50 bits per heavy atom. The van der Waals surface area contributed by atoms with Crippen molar-refractivity contribution < 1.29 is 19.4 Å². The number of carboxylic acids is 1. The van der Waals surface area contributed by atoms with Gasteiger partial charge in [-0.3, -0.25) is 0 Å². The topological polar surface area (TPSA) is 75.6 Å². The van der Waals surface area contributed by atoms with Crippen molar-refractivity contribution in [3.63, 3.8) is 0 Å². The SMILES string of the molecule is C=CC(CC)(NC(=O)OCCCC)C(=O)O. The van der Waals surface area contributed by atoms with E-state index in [0.29, 0.717) is 6.61 Å². The normalized spacial score (nSPS) is 13.6. The molecular formula is C11H19NO4. The first-order valence-corrected chi connectivity index (χ1v) is 5.34. The van der Waals surface area contributed by atoms with E-state index in [2.05, 4.69) is 11.9 Å². The second kappa shape index (κ2) is 6.87. The van der Waals surface area contributed by atoms with Gasteiger partial charge in [-0.15, -0.1) is 6.58 Å². The second-order valence-corrected chi connectivity index (χ2v) is 3.45. The Hall–Kier alpha value is -1.52. The molecule has 0 saturated heterocycles. The maximum absolute atomic E-state index is 11.3. The van der Waals surface area contributed by atoms with Crippen LogP contribution >= 0.6 is 0 Å². The van der Waals surface area contributed by atoms with Gasteiger partial charge in [-0.05, 0) is 12.8 Å². The number of hydrogen-bond acceptors (Lipinski definition) is 3. The third-order valence-corrected chi connectivity index (χ3v) is 2.34. The van der Waals surface area contributed by atoms with Crippen molar-refractivity contribution in [1.29, 1.82) is 0 Å². The maximum atomic E-state index is 11.3.